The highest BCUT2D eigenvalue weighted by atomic mass is 16.3. The molecule has 1 unspecified atom stereocenters. The molecule has 0 aliphatic heterocycles. The van der Waals surface area contributed by atoms with Crippen molar-refractivity contribution < 1.29 is 8.83 Å². The maximum Gasteiger partial charge on any atom is 0.143 e. The first-order chi connectivity index (χ1) is 21.3. The van der Waals surface area contributed by atoms with E-state index in [9.17, 15) is 5.26 Å². The van der Waals surface area contributed by atoms with Crippen molar-refractivity contribution in [2.75, 3.05) is 0 Å². The second-order valence-corrected chi connectivity index (χ2v) is 11.5. The molecule has 8 aromatic rings. The molecule has 0 saturated heterocycles. The Morgan fingerprint density at radius 1 is 0.558 bits per heavy atom. The third kappa shape index (κ3) is 3.60. The standard InChI is InChI=1S/C40H25NO2/c41-23-24-15-18-29-28(19-16-25-7-1-2-8-27(25)35(29)21-24)26-17-20-38-36(22-26)34-13-6-12-33(40(34)43-38)32-11-5-10-31-30-9-3-4-14-37(30)42-39(31)32/h1-15,17-18,20-22,28H,16,19H2. The van der Waals surface area contributed by atoms with Gasteiger partial charge in [0.25, 0.3) is 0 Å². The molecule has 2 heterocycles. The quantitative estimate of drug-likeness (QED) is 0.215. The SMILES string of the molecule is N#Cc1ccc2c(c1)-c1ccccc1CCC2c1ccc2oc3c(-c4cccc5c4oc4ccccc45)cccc3c2c1. The molecule has 0 amide bonds. The smallest absolute Gasteiger partial charge is 0.143 e. The lowest BCUT2D eigenvalue weighted by atomic mass is 9.84. The van der Waals surface area contributed by atoms with Crippen molar-refractivity contribution in [3.63, 3.8) is 0 Å². The number of hydrogen-bond acceptors (Lipinski definition) is 3. The lowest BCUT2D eigenvalue weighted by molar-refractivity contribution is 0.664. The van der Waals surface area contributed by atoms with Crippen molar-refractivity contribution in [1.29, 1.82) is 5.26 Å². The summed E-state index contributed by atoms with van der Waals surface area (Å²) in [5.41, 5.74) is 12.5. The predicted octanol–water partition coefficient (Wildman–Crippen LogP) is 10.8. The molecule has 0 radical (unpaired) electrons. The van der Waals surface area contributed by atoms with Crippen LogP contribution in [0, 0.1) is 11.3 Å². The van der Waals surface area contributed by atoms with Gasteiger partial charge in [0.05, 0.1) is 11.6 Å². The average molecular weight is 552 g/mol. The van der Waals surface area contributed by atoms with Gasteiger partial charge in [0.2, 0.25) is 0 Å². The summed E-state index contributed by atoms with van der Waals surface area (Å²) in [5.74, 6) is 0.206. The van der Waals surface area contributed by atoms with Crippen molar-refractivity contribution >= 4 is 43.9 Å². The van der Waals surface area contributed by atoms with Crippen LogP contribution < -0.4 is 0 Å². The molecule has 9 rings (SSSR count). The van der Waals surface area contributed by atoms with Gasteiger partial charge in [-0.3, -0.25) is 0 Å². The third-order valence-electron chi connectivity index (χ3n) is 9.19. The number of para-hydroxylation sites is 3. The zero-order valence-electron chi connectivity index (χ0n) is 23.3. The van der Waals surface area contributed by atoms with Gasteiger partial charge < -0.3 is 8.83 Å². The molecule has 0 N–H and O–H groups in total. The fourth-order valence-electron chi connectivity index (χ4n) is 7.17. The second kappa shape index (κ2) is 9.21. The van der Waals surface area contributed by atoms with E-state index in [1.165, 1.54) is 22.3 Å². The molecule has 0 bridgehead atoms. The molecule has 1 atom stereocenters. The molecule has 3 heteroatoms. The molecule has 1 aliphatic rings. The van der Waals surface area contributed by atoms with Crippen molar-refractivity contribution in [2.24, 2.45) is 0 Å². The minimum Gasteiger partial charge on any atom is -0.455 e. The van der Waals surface area contributed by atoms with Gasteiger partial charge in [-0.15, -0.1) is 0 Å². The van der Waals surface area contributed by atoms with Gasteiger partial charge in [-0.2, -0.15) is 5.26 Å². The summed E-state index contributed by atoms with van der Waals surface area (Å²) in [4.78, 5) is 0. The number of benzene rings is 6. The highest BCUT2D eigenvalue weighted by Gasteiger charge is 2.25. The lowest BCUT2D eigenvalue weighted by Gasteiger charge is -2.19. The van der Waals surface area contributed by atoms with Crippen LogP contribution in [0.25, 0.3) is 66.1 Å². The summed E-state index contributed by atoms with van der Waals surface area (Å²) in [7, 11) is 0. The van der Waals surface area contributed by atoms with E-state index in [1.807, 2.05) is 18.2 Å². The maximum atomic E-state index is 9.67. The van der Waals surface area contributed by atoms with Crippen LogP contribution in [-0.4, -0.2) is 0 Å². The van der Waals surface area contributed by atoms with Crippen LogP contribution in [0.4, 0.5) is 0 Å². The number of nitrogens with zero attached hydrogens (tertiary/aromatic N) is 1. The monoisotopic (exact) mass is 551 g/mol. The van der Waals surface area contributed by atoms with E-state index in [0.29, 0.717) is 5.56 Å². The number of fused-ring (bicyclic) bond motifs is 9. The molecule has 43 heavy (non-hydrogen) atoms. The second-order valence-electron chi connectivity index (χ2n) is 11.5. The zero-order chi connectivity index (χ0) is 28.5. The lowest BCUT2D eigenvalue weighted by Crippen LogP contribution is -2.02. The van der Waals surface area contributed by atoms with Gasteiger partial charge in [-0.25, -0.2) is 0 Å². The van der Waals surface area contributed by atoms with Crippen LogP contribution in [-0.2, 0) is 6.42 Å². The number of nitriles is 1. The summed E-state index contributed by atoms with van der Waals surface area (Å²) >= 11 is 0. The van der Waals surface area contributed by atoms with Gasteiger partial charge in [0, 0.05) is 38.6 Å². The van der Waals surface area contributed by atoms with E-state index in [4.69, 9.17) is 8.83 Å². The van der Waals surface area contributed by atoms with Gasteiger partial charge in [-0.1, -0.05) is 91.0 Å². The van der Waals surface area contributed by atoms with E-state index in [2.05, 4.69) is 109 Å². The van der Waals surface area contributed by atoms with E-state index in [-0.39, 0.29) is 5.92 Å². The van der Waals surface area contributed by atoms with E-state index < -0.39 is 0 Å². The summed E-state index contributed by atoms with van der Waals surface area (Å²) < 4.78 is 13.0. The maximum absolute atomic E-state index is 9.67. The predicted molar refractivity (Wildman–Crippen MR) is 173 cm³/mol. The highest BCUT2D eigenvalue weighted by molar-refractivity contribution is 6.14. The zero-order valence-corrected chi connectivity index (χ0v) is 23.3. The Labute approximate surface area is 248 Å². The molecular formula is C40H25NO2. The molecule has 1 aliphatic carbocycles. The van der Waals surface area contributed by atoms with E-state index in [1.54, 1.807) is 0 Å². The first-order valence-electron chi connectivity index (χ1n) is 14.7. The summed E-state index contributed by atoms with van der Waals surface area (Å²) in [6, 6.07) is 44.7. The summed E-state index contributed by atoms with van der Waals surface area (Å²) in [5, 5.41) is 14.1. The fourth-order valence-corrected chi connectivity index (χ4v) is 7.17. The Morgan fingerprint density at radius 3 is 2.05 bits per heavy atom. The van der Waals surface area contributed by atoms with Gasteiger partial charge in [-0.05, 0) is 71.0 Å². The molecule has 3 nitrogen and oxygen atoms in total. The van der Waals surface area contributed by atoms with Gasteiger partial charge in [0.15, 0.2) is 0 Å². The largest absolute Gasteiger partial charge is 0.455 e. The number of rotatable bonds is 2. The van der Waals surface area contributed by atoms with Crippen molar-refractivity contribution in [2.45, 2.75) is 18.8 Å². The summed E-state index contributed by atoms with van der Waals surface area (Å²) in [6.45, 7) is 0. The number of hydrogen-bond donors (Lipinski definition) is 0. The Bertz CT molecular complexity index is 2430. The molecule has 6 aromatic carbocycles. The van der Waals surface area contributed by atoms with E-state index >= 15 is 0 Å². The van der Waals surface area contributed by atoms with E-state index in [0.717, 1.165) is 73.4 Å². The topological polar surface area (TPSA) is 50.1 Å². The van der Waals surface area contributed by atoms with Crippen LogP contribution >= 0.6 is 0 Å². The molecular weight excluding hydrogens is 526 g/mol. The van der Waals surface area contributed by atoms with Gasteiger partial charge in [0.1, 0.15) is 22.3 Å². The minimum atomic E-state index is 0.206. The van der Waals surface area contributed by atoms with Crippen LogP contribution in [0.3, 0.4) is 0 Å². The molecule has 202 valence electrons. The number of aryl methyl sites for hydroxylation is 1. The summed E-state index contributed by atoms with van der Waals surface area (Å²) in [6.07, 6.45) is 1.98. The van der Waals surface area contributed by atoms with Crippen LogP contribution in [0.5, 0.6) is 0 Å². The Morgan fingerprint density at radius 2 is 1.23 bits per heavy atom. The molecule has 0 spiro atoms. The third-order valence-corrected chi connectivity index (χ3v) is 9.19. The van der Waals surface area contributed by atoms with Crippen LogP contribution in [0.2, 0.25) is 0 Å². The first kappa shape index (κ1) is 24.1. The highest BCUT2D eigenvalue weighted by Crippen LogP contribution is 2.45. The van der Waals surface area contributed by atoms with Crippen LogP contribution in [0.1, 0.15) is 34.6 Å². The Balaban J connectivity index is 1.22. The average Bonchev–Trinajstić information content (AvgIpc) is 3.58. The minimum absolute atomic E-state index is 0.206. The Kier molecular flexibility index (Phi) is 5.15. The van der Waals surface area contributed by atoms with Crippen LogP contribution in [0.15, 0.2) is 130 Å². The molecule has 0 fully saturated rings. The normalized spacial score (nSPS) is 14.5. The van der Waals surface area contributed by atoms with Crippen molar-refractivity contribution in [3.8, 4) is 28.3 Å². The molecule has 2 aromatic heterocycles. The Hall–Kier alpha value is -5.59. The van der Waals surface area contributed by atoms with Gasteiger partial charge >= 0.3 is 0 Å². The fraction of sp³-hybridized carbons (Fsp3) is 0.0750. The number of furan rings is 2. The molecule has 0 saturated carbocycles. The first-order valence-corrected chi connectivity index (χ1v) is 14.7. The van der Waals surface area contributed by atoms with Crippen molar-refractivity contribution in [1.82, 2.24) is 0 Å². The van der Waals surface area contributed by atoms with Crippen molar-refractivity contribution in [3.05, 3.63) is 144 Å².